The van der Waals surface area contributed by atoms with Crippen molar-refractivity contribution in [1.82, 2.24) is 0 Å². The summed E-state index contributed by atoms with van der Waals surface area (Å²) < 4.78 is 11.0. The summed E-state index contributed by atoms with van der Waals surface area (Å²) in [5, 5.41) is 20.5. The number of carboxylic acid groups (broad SMARTS) is 1. The number of ether oxygens (including phenoxy) is 2. The monoisotopic (exact) mass is 548 g/mol. The number of hydrogen-bond acceptors (Lipinski definition) is 6. The minimum atomic E-state index is -0.966. The normalized spacial score (nSPS) is 40.9. The first-order valence-electron chi connectivity index (χ1n) is 15.7. The van der Waals surface area contributed by atoms with Gasteiger partial charge in [-0.15, -0.1) is 0 Å². The second-order valence-corrected chi connectivity index (χ2v) is 14.0. The molecule has 2 N–H and O–H groups in total. The third kappa shape index (κ3) is 5.90. The molecule has 4 rings (SSSR count). The van der Waals surface area contributed by atoms with E-state index >= 15 is 0 Å². The molecule has 4 fully saturated rings. The number of rotatable bonds is 10. The van der Waals surface area contributed by atoms with Crippen molar-refractivity contribution >= 4 is 17.9 Å². The highest BCUT2D eigenvalue weighted by Crippen LogP contribution is 2.68. The molecule has 7 nitrogen and oxygen atoms in total. The average Bonchev–Trinajstić information content (AvgIpc) is 3.26. The Hall–Kier alpha value is -1.63. The van der Waals surface area contributed by atoms with Crippen molar-refractivity contribution in [1.29, 1.82) is 0 Å². The van der Waals surface area contributed by atoms with Crippen LogP contribution in [0.4, 0.5) is 0 Å². The number of aliphatic carboxylic acids is 1. The zero-order valence-electron chi connectivity index (χ0n) is 24.8. The second kappa shape index (κ2) is 12.1. The van der Waals surface area contributed by atoms with Gasteiger partial charge in [-0.25, -0.2) is 0 Å². The number of carbonyl (C=O) groups excluding carboxylic acids is 2. The Labute approximate surface area is 234 Å². The maximum Gasteiger partial charge on any atom is 0.308 e. The molecule has 0 aromatic heterocycles. The summed E-state index contributed by atoms with van der Waals surface area (Å²) in [5.74, 6) is 1.44. The molecule has 0 aliphatic heterocycles. The van der Waals surface area contributed by atoms with Gasteiger partial charge >= 0.3 is 17.9 Å². The minimum absolute atomic E-state index is 0.0347. The Morgan fingerprint density at radius 1 is 0.974 bits per heavy atom. The second-order valence-electron chi connectivity index (χ2n) is 14.0. The van der Waals surface area contributed by atoms with Gasteiger partial charge in [-0.2, -0.15) is 0 Å². The van der Waals surface area contributed by atoms with Crippen LogP contribution in [0.2, 0.25) is 0 Å². The topological polar surface area (TPSA) is 110 Å². The van der Waals surface area contributed by atoms with Crippen LogP contribution in [-0.2, 0) is 23.9 Å². The van der Waals surface area contributed by atoms with Crippen LogP contribution in [0.25, 0.3) is 0 Å². The lowest BCUT2D eigenvalue weighted by Gasteiger charge is -2.62. The van der Waals surface area contributed by atoms with E-state index in [2.05, 4.69) is 20.8 Å². The molecule has 0 heterocycles. The van der Waals surface area contributed by atoms with Gasteiger partial charge in [-0.3, -0.25) is 14.4 Å². The van der Waals surface area contributed by atoms with E-state index in [-0.39, 0.29) is 53.9 Å². The maximum atomic E-state index is 12.5. The summed E-state index contributed by atoms with van der Waals surface area (Å²) in [6.07, 6.45) is 9.74. The van der Waals surface area contributed by atoms with E-state index in [0.717, 1.165) is 44.9 Å². The van der Waals surface area contributed by atoms with Crippen LogP contribution < -0.4 is 0 Å². The number of hydrogen-bond donors (Lipinski definition) is 2. The molecule has 0 bridgehead atoms. The van der Waals surface area contributed by atoms with Crippen LogP contribution in [0.15, 0.2) is 0 Å². The number of carboxylic acids is 1. The quantitative estimate of drug-likeness (QED) is 0.322. The smallest absolute Gasteiger partial charge is 0.308 e. The summed E-state index contributed by atoms with van der Waals surface area (Å²) in [6.45, 7) is 10.9. The lowest BCUT2D eigenvalue weighted by Crippen LogP contribution is -2.59. The molecule has 4 saturated carbocycles. The fourth-order valence-corrected chi connectivity index (χ4v) is 9.57. The molecule has 0 amide bonds. The van der Waals surface area contributed by atoms with Gasteiger partial charge in [0.1, 0.15) is 12.7 Å². The molecule has 0 aromatic rings. The van der Waals surface area contributed by atoms with Crippen molar-refractivity contribution in [3.63, 3.8) is 0 Å². The van der Waals surface area contributed by atoms with Crippen molar-refractivity contribution in [2.75, 3.05) is 6.61 Å². The van der Waals surface area contributed by atoms with Gasteiger partial charge in [-0.05, 0) is 111 Å². The Morgan fingerprint density at radius 3 is 2.41 bits per heavy atom. The number of fused-ring (bicyclic) bond motifs is 5. The Bertz CT molecular complexity index is 903. The summed E-state index contributed by atoms with van der Waals surface area (Å²) >= 11 is 0. The standard InChI is InChI=1S/C32H52O7/c1-6-19(2)30(37)39-22-13-15-31(4)21(17-22)8-9-23-25-11-10-24(32(25,5)27(33)18-26(23)31)20(3)7-12-29(36)38-16-14-28(34)35/h19-27,33H,6-18H2,1-5H3,(H,34,35)/t19?,20?,21?,22?,23?,24?,25?,26?,27?,31-,32+/m0/s1. The Morgan fingerprint density at radius 2 is 1.72 bits per heavy atom. The first-order chi connectivity index (χ1) is 18.4. The van der Waals surface area contributed by atoms with E-state index in [4.69, 9.17) is 14.6 Å². The number of aliphatic hydroxyl groups is 1. The number of carbonyl (C=O) groups is 3. The fraction of sp³-hybridized carbons (Fsp3) is 0.906. The van der Waals surface area contributed by atoms with E-state index in [9.17, 15) is 19.5 Å². The molecule has 7 heteroatoms. The van der Waals surface area contributed by atoms with Crippen molar-refractivity contribution < 1.29 is 34.1 Å². The lowest BCUT2D eigenvalue weighted by molar-refractivity contribution is -0.183. The lowest BCUT2D eigenvalue weighted by atomic mass is 9.43. The van der Waals surface area contributed by atoms with Crippen LogP contribution in [-0.4, -0.2) is 46.9 Å². The van der Waals surface area contributed by atoms with E-state index in [1.165, 1.54) is 12.8 Å². The predicted molar refractivity (Wildman–Crippen MR) is 148 cm³/mol. The summed E-state index contributed by atoms with van der Waals surface area (Å²) in [7, 11) is 0. The third-order valence-corrected chi connectivity index (χ3v) is 12.2. The van der Waals surface area contributed by atoms with Crippen LogP contribution in [0.1, 0.15) is 112 Å². The third-order valence-electron chi connectivity index (χ3n) is 12.2. The van der Waals surface area contributed by atoms with Gasteiger partial charge in [0, 0.05) is 6.42 Å². The molecule has 0 aromatic carbocycles. The van der Waals surface area contributed by atoms with E-state index in [1.54, 1.807) is 0 Å². The Balaban J connectivity index is 1.38. The van der Waals surface area contributed by atoms with Crippen LogP contribution >= 0.6 is 0 Å². The zero-order chi connectivity index (χ0) is 28.5. The van der Waals surface area contributed by atoms with E-state index in [0.29, 0.717) is 48.3 Å². The van der Waals surface area contributed by atoms with Gasteiger partial charge in [-0.1, -0.05) is 34.6 Å². The highest BCUT2D eigenvalue weighted by Gasteiger charge is 2.63. The van der Waals surface area contributed by atoms with Gasteiger partial charge in [0.2, 0.25) is 0 Å². The van der Waals surface area contributed by atoms with Gasteiger partial charge < -0.3 is 19.7 Å². The predicted octanol–water partition coefficient (Wildman–Crippen LogP) is 6.01. The molecule has 9 unspecified atom stereocenters. The molecule has 222 valence electrons. The summed E-state index contributed by atoms with van der Waals surface area (Å²) in [6, 6.07) is 0. The summed E-state index contributed by atoms with van der Waals surface area (Å²) in [4.78, 5) is 35.3. The molecule has 4 aliphatic rings. The van der Waals surface area contributed by atoms with Crippen LogP contribution in [0.3, 0.4) is 0 Å². The molecule has 4 aliphatic carbocycles. The zero-order valence-corrected chi connectivity index (χ0v) is 24.8. The molecular weight excluding hydrogens is 496 g/mol. The molecular formula is C32H52O7. The van der Waals surface area contributed by atoms with Crippen molar-refractivity contribution in [3.8, 4) is 0 Å². The van der Waals surface area contributed by atoms with Gasteiger partial charge in [0.05, 0.1) is 18.4 Å². The first-order valence-corrected chi connectivity index (χ1v) is 15.7. The van der Waals surface area contributed by atoms with Crippen molar-refractivity contribution in [2.45, 2.75) is 124 Å². The Kier molecular flexibility index (Phi) is 9.40. The SMILES string of the molecule is CCC(C)C(=O)OC1CC[C@@]2(C)C(CCC3C2CC(O)[C@]2(C)C(C(C)CCC(=O)OCCC(=O)O)CCC32)C1. The largest absolute Gasteiger partial charge is 0.481 e. The highest BCUT2D eigenvalue weighted by atomic mass is 16.5. The van der Waals surface area contributed by atoms with Crippen molar-refractivity contribution in [3.05, 3.63) is 0 Å². The van der Waals surface area contributed by atoms with Gasteiger partial charge in [0.25, 0.3) is 0 Å². The van der Waals surface area contributed by atoms with E-state index < -0.39 is 5.97 Å². The maximum absolute atomic E-state index is 12.5. The summed E-state index contributed by atoms with van der Waals surface area (Å²) in [5.41, 5.74) is 0.0495. The van der Waals surface area contributed by atoms with Crippen LogP contribution in [0.5, 0.6) is 0 Å². The number of esters is 2. The first kappa shape index (κ1) is 30.3. The average molecular weight is 549 g/mol. The van der Waals surface area contributed by atoms with Crippen LogP contribution in [0, 0.1) is 52.3 Å². The number of aliphatic hydroxyl groups excluding tert-OH is 1. The minimum Gasteiger partial charge on any atom is -0.481 e. The molecule has 39 heavy (non-hydrogen) atoms. The fourth-order valence-electron chi connectivity index (χ4n) is 9.57. The molecule has 0 spiro atoms. The highest BCUT2D eigenvalue weighted by molar-refractivity contribution is 5.72. The molecule has 0 radical (unpaired) electrons. The van der Waals surface area contributed by atoms with E-state index in [1.807, 2.05) is 13.8 Å². The van der Waals surface area contributed by atoms with Gasteiger partial charge in [0.15, 0.2) is 0 Å². The molecule has 0 saturated heterocycles. The molecule has 11 atom stereocenters. The van der Waals surface area contributed by atoms with Crippen molar-refractivity contribution in [2.24, 2.45) is 52.3 Å².